The van der Waals surface area contributed by atoms with Crippen molar-refractivity contribution in [2.45, 2.75) is 31.7 Å². The van der Waals surface area contributed by atoms with Crippen molar-refractivity contribution in [2.24, 2.45) is 4.99 Å². The summed E-state index contributed by atoms with van der Waals surface area (Å²) >= 11 is 0. The molecule has 1 unspecified atom stereocenters. The number of aliphatic imine (C=N–C) groups is 1. The molecular weight excluding hydrogens is 438 g/mol. The zero-order chi connectivity index (χ0) is 24.2. The molecule has 6 nitrogen and oxygen atoms in total. The maximum atomic E-state index is 13.2. The van der Waals surface area contributed by atoms with E-state index >= 15 is 0 Å². The Bertz CT molecular complexity index is 1220. The number of ether oxygens (including phenoxy) is 2. The van der Waals surface area contributed by atoms with Crippen LogP contribution in [0.3, 0.4) is 0 Å². The second kappa shape index (κ2) is 10.3. The summed E-state index contributed by atoms with van der Waals surface area (Å²) in [5, 5.41) is 3.00. The van der Waals surface area contributed by atoms with Gasteiger partial charge in [-0.05, 0) is 60.8 Å². The van der Waals surface area contributed by atoms with Gasteiger partial charge in [0.05, 0.1) is 25.6 Å². The van der Waals surface area contributed by atoms with Gasteiger partial charge in [0.15, 0.2) is 11.5 Å². The van der Waals surface area contributed by atoms with Crippen molar-refractivity contribution in [3.63, 3.8) is 0 Å². The molecule has 5 rings (SSSR count). The predicted octanol–water partition coefficient (Wildman–Crippen LogP) is 5.55. The van der Waals surface area contributed by atoms with Crippen LogP contribution in [0.4, 0.5) is 11.4 Å². The predicted molar refractivity (Wildman–Crippen MR) is 139 cm³/mol. The Kier molecular flexibility index (Phi) is 6.82. The smallest absolute Gasteiger partial charge is 0.238 e. The molecule has 3 aromatic rings. The lowest BCUT2D eigenvalue weighted by Crippen LogP contribution is -2.28. The van der Waals surface area contributed by atoms with Crippen molar-refractivity contribution in [3.8, 4) is 11.5 Å². The number of anilines is 1. The molecule has 35 heavy (non-hydrogen) atoms. The SMILES string of the molecule is COc1cc2c(cc1OC)C(C(=Nc1ccc(CN3CCCCC3)cc1)c1ccccc1)C(=O)N2. The fraction of sp³-hybridized carbons (Fsp3) is 0.310. The molecule has 1 fully saturated rings. The molecular formula is C29H31N3O3. The summed E-state index contributed by atoms with van der Waals surface area (Å²) in [4.78, 5) is 20.8. The highest BCUT2D eigenvalue weighted by Crippen LogP contribution is 2.42. The van der Waals surface area contributed by atoms with Gasteiger partial charge in [-0.25, -0.2) is 0 Å². The maximum absolute atomic E-state index is 13.2. The van der Waals surface area contributed by atoms with Crippen LogP contribution >= 0.6 is 0 Å². The van der Waals surface area contributed by atoms with Crippen LogP contribution in [-0.4, -0.2) is 43.8 Å². The first kappa shape index (κ1) is 23.1. The Morgan fingerprint density at radius 2 is 1.63 bits per heavy atom. The first-order valence-corrected chi connectivity index (χ1v) is 12.2. The van der Waals surface area contributed by atoms with Crippen molar-refractivity contribution < 1.29 is 14.3 Å². The summed E-state index contributed by atoms with van der Waals surface area (Å²) in [5.74, 6) is 0.497. The van der Waals surface area contributed by atoms with Crippen molar-refractivity contribution in [1.82, 2.24) is 4.90 Å². The molecule has 0 bridgehead atoms. The Morgan fingerprint density at radius 1 is 0.943 bits per heavy atom. The number of carbonyl (C=O) groups is 1. The Balaban J connectivity index is 1.50. The summed E-state index contributed by atoms with van der Waals surface area (Å²) in [6.07, 6.45) is 3.90. The number of nitrogens with zero attached hydrogens (tertiary/aromatic N) is 2. The van der Waals surface area contributed by atoms with Gasteiger partial charge in [-0.15, -0.1) is 0 Å². The quantitative estimate of drug-likeness (QED) is 0.461. The van der Waals surface area contributed by atoms with E-state index in [0.717, 1.165) is 29.0 Å². The Labute approximate surface area is 206 Å². The molecule has 3 aromatic carbocycles. The molecule has 2 aliphatic heterocycles. The Hall–Kier alpha value is -3.64. The molecule has 0 spiro atoms. The number of likely N-dealkylation sites (tertiary alicyclic amines) is 1. The molecule has 1 amide bonds. The molecule has 0 saturated carbocycles. The maximum Gasteiger partial charge on any atom is 0.238 e. The summed E-state index contributed by atoms with van der Waals surface area (Å²) in [6.45, 7) is 3.31. The lowest BCUT2D eigenvalue weighted by Gasteiger charge is -2.26. The van der Waals surface area contributed by atoms with Crippen molar-refractivity contribution >= 4 is 23.0 Å². The van der Waals surface area contributed by atoms with E-state index < -0.39 is 5.92 Å². The summed E-state index contributed by atoms with van der Waals surface area (Å²) in [5.41, 5.74) is 5.28. The number of rotatable bonds is 7. The van der Waals surface area contributed by atoms with Gasteiger partial charge in [-0.1, -0.05) is 48.9 Å². The van der Waals surface area contributed by atoms with Gasteiger partial charge < -0.3 is 14.8 Å². The van der Waals surface area contributed by atoms with Crippen LogP contribution in [0.5, 0.6) is 11.5 Å². The summed E-state index contributed by atoms with van der Waals surface area (Å²) < 4.78 is 10.9. The van der Waals surface area contributed by atoms with E-state index in [2.05, 4.69) is 22.3 Å². The second-order valence-corrected chi connectivity index (χ2v) is 9.08. The van der Waals surface area contributed by atoms with E-state index in [1.807, 2.05) is 54.6 Å². The normalized spacial score (nSPS) is 18.2. The number of carbonyl (C=O) groups excluding carboxylic acids is 1. The van der Waals surface area contributed by atoms with Crippen LogP contribution in [0.25, 0.3) is 0 Å². The number of benzene rings is 3. The minimum atomic E-state index is -0.555. The van der Waals surface area contributed by atoms with Gasteiger partial charge in [0.2, 0.25) is 5.91 Å². The zero-order valence-corrected chi connectivity index (χ0v) is 20.3. The van der Waals surface area contributed by atoms with E-state index in [0.29, 0.717) is 17.2 Å². The molecule has 0 radical (unpaired) electrons. The van der Waals surface area contributed by atoms with Crippen molar-refractivity contribution in [3.05, 3.63) is 83.4 Å². The minimum absolute atomic E-state index is 0.111. The number of hydrogen-bond acceptors (Lipinski definition) is 5. The van der Waals surface area contributed by atoms with E-state index in [1.54, 1.807) is 14.2 Å². The third-order valence-electron chi connectivity index (χ3n) is 6.77. The number of piperidine rings is 1. The topological polar surface area (TPSA) is 63.2 Å². The van der Waals surface area contributed by atoms with Crippen molar-refractivity contribution in [2.75, 3.05) is 32.6 Å². The molecule has 0 aromatic heterocycles. The molecule has 180 valence electrons. The van der Waals surface area contributed by atoms with Crippen LogP contribution < -0.4 is 14.8 Å². The van der Waals surface area contributed by atoms with Gasteiger partial charge in [0.25, 0.3) is 0 Å². The number of methoxy groups -OCH3 is 2. The molecule has 1 atom stereocenters. The third kappa shape index (κ3) is 4.93. The van der Waals surface area contributed by atoms with Crippen LogP contribution in [-0.2, 0) is 11.3 Å². The minimum Gasteiger partial charge on any atom is -0.493 e. The average molecular weight is 470 g/mol. The lowest BCUT2D eigenvalue weighted by molar-refractivity contribution is -0.115. The number of hydrogen-bond donors (Lipinski definition) is 1. The second-order valence-electron chi connectivity index (χ2n) is 9.08. The van der Waals surface area contributed by atoms with Crippen LogP contribution in [0.2, 0.25) is 0 Å². The number of fused-ring (bicyclic) bond motifs is 1. The first-order chi connectivity index (χ1) is 17.2. The van der Waals surface area contributed by atoms with Crippen molar-refractivity contribution in [1.29, 1.82) is 0 Å². The number of nitrogens with one attached hydrogen (secondary N) is 1. The van der Waals surface area contributed by atoms with Gasteiger partial charge in [-0.2, -0.15) is 0 Å². The number of amides is 1. The van der Waals surface area contributed by atoms with E-state index in [4.69, 9.17) is 14.5 Å². The highest BCUT2D eigenvalue weighted by Gasteiger charge is 2.36. The van der Waals surface area contributed by atoms with E-state index in [-0.39, 0.29) is 5.91 Å². The first-order valence-electron chi connectivity index (χ1n) is 12.2. The highest BCUT2D eigenvalue weighted by molar-refractivity contribution is 6.24. The van der Waals surface area contributed by atoms with E-state index in [9.17, 15) is 4.79 Å². The fourth-order valence-corrected chi connectivity index (χ4v) is 4.95. The summed E-state index contributed by atoms with van der Waals surface area (Å²) in [7, 11) is 3.19. The molecule has 6 heteroatoms. The molecule has 2 aliphatic rings. The highest BCUT2D eigenvalue weighted by atomic mass is 16.5. The molecule has 1 saturated heterocycles. The summed E-state index contributed by atoms with van der Waals surface area (Å²) in [6, 6.07) is 22.0. The van der Waals surface area contributed by atoms with Gasteiger partial charge in [-0.3, -0.25) is 14.7 Å². The third-order valence-corrected chi connectivity index (χ3v) is 6.77. The van der Waals surface area contributed by atoms with Crippen LogP contribution in [0.1, 0.15) is 41.9 Å². The van der Waals surface area contributed by atoms with Gasteiger partial charge in [0.1, 0.15) is 5.92 Å². The monoisotopic (exact) mass is 469 g/mol. The molecule has 2 heterocycles. The van der Waals surface area contributed by atoms with Crippen LogP contribution in [0.15, 0.2) is 71.7 Å². The van der Waals surface area contributed by atoms with Gasteiger partial charge >= 0.3 is 0 Å². The standard InChI is InChI=1S/C29H31N3O3/c1-34-25-17-23-24(18-26(25)35-2)31-29(33)27(23)28(21-9-5-3-6-10-21)30-22-13-11-20(12-14-22)19-32-15-7-4-8-16-32/h3,5-6,9-14,17-18,27H,4,7-8,15-16,19H2,1-2H3,(H,31,33). The Morgan fingerprint density at radius 3 is 2.31 bits per heavy atom. The lowest BCUT2D eigenvalue weighted by atomic mass is 9.90. The molecule has 1 N–H and O–H groups in total. The fourth-order valence-electron chi connectivity index (χ4n) is 4.95. The van der Waals surface area contributed by atoms with Gasteiger partial charge in [0, 0.05) is 18.3 Å². The average Bonchev–Trinajstić information content (AvgIpc) is 3.22. The van der Waals surface area contributed by atoms with Crippen LogP contribution in [0, 0.1) is 0 Å². The largest absolute Gasteiger partial charge is 0.493 e. The molecule has 0 aliphatic carbocycles. The zero-order valence-electron chi connectivity index (χ0n) is 20.3. The van der Waals surface area contributed by atoms with E-state index in [1.165, 1.54) is 37.9 Å².